The Bertz CT molecular complexity index is 979. The number of unbranched alkanes of at least 4 members (excludes halogenated alkanes) is 1. The molecule has 8 heteroatoms. The fourth-order valence-electron chi connectivity index (χ4n) is 3.01. The number of thioether (sulfide) groups is 1. The maximum absolute atomic E-state index is 12.0. The third-order valence-corrected chi connectivity index (χ3v) is 6.17. The van der Waals surface area contributed by atoms with Crippen LogP contribution in [0.5, 0.6) is 0 Å². The molecule has 2 aromatic carbocycles. The number of aromatic nitrogens is 3. The smallest absolute Gasteiger partial charge is 0.220 e. The van der Waals surface area contributed by atoms with Crippen LogP contribution in [0.3, 0.4) is 0 Å². The number of halogens is 2. The van der Waals surface area contributed by atoms with E-state index in [-0.39, 0.29) is 5.91 Å². The molecule has 0 saturated heterocycles. The van der Waals surface area contributed by atoms with Crippen molar-refractivity contribution in [2.75, 3.05) is 12.3 Å². The van der Waals surface area contributed by atoms with Gasteiger partial charge in [0.25, 0.3) is 0 Å². The molecule has 0 fully saturated rings. The summed E-state index contributed by atoms with van der Waals surface area (Å²) < 4.78 is 2.05. The number of hydrogen-bond donors (Lipinski definition) is 1. The number of carbonyl (C=O) groups excluding carboxylic acids is 1. The second kappa shape index (κ2) is 11.4. The zero-order valence-electron chi connectivity index (χ0n) is 16.8. The Hall–Kier alpha value is -2.02. The molecule has 0 aliphatic carbocycles. The molecule has 0 aliphatic rings. The highest BCUT2D eigenvalue weighted by Gasteiger charge is 2.11. The van der Waals surface area contributed by atoms with Crippen molar-refractivity contribution in [3.63, 3.8) is 0 Å². The highest BCUT2D eigenvalue weighted by molar-refractivity contribution is 7.99. The fraction of sp³-hybridized carbons (Fsp3) is 0.318. The summed E-state index contributed by atoms with van der Waals surface area (Å²) in [6.45, 7) is 2.51. The molecule has 0 saturated carbocycles. The van der Waals surface area contributed by atoms with Gasteiger partial charge in [0.1, 0.15) is 5.82 Å². The molecule has 0 radical (unpaired) electrons. The van der Waals surface area contributed by atoms with Gasteiger partial charge in [-0.2, -0.15) is 0 Å². The number of rotatable bonds is 10. The Kier molecular flexibility index (Phi) is 8.61. The van der Waals surface area contributed by atoms with Crippen molar-refractivity contribution in [2.24, 2.45) is 0 Å². The molecule has 0 atom stereocenters. The third-order valence-electron chi connectivity index (χ3n) is 4.57. The quantitative estimate of drug-likeness (QED) is 0.319. The van der Waals surface area contributed by atoms with Crippen molar-refractivity contribution in [1.82, 2.24) is 20.1 Å². The number of nitrogens with one attached hydrogen (secondary N) is 1. The van der Waals surface area contributed by atoms with E-state index in [9.17, 15) is 4.79 Å². The van der Waals surface area contributed by atoms with Gasteiger partial charge in [0.2, 0.25) is 5.91 Å². The van der Waals surface area contributed by atoms with Crippen LogP contribution in [0.2, 0.25) is 10.0 Å². The first-order valence-electron chi connectivity index (χ1n) is 9.85. The molecule has 30 heavy (non-hydrogen) atoms. The van der Waals surface area contributed by atoms with Gasteiger partial charge in [-0.3, -0.25) is 9.36 Å². The Balaban J connectivity index is 1.35. The Morgan fingerprint density at radius 3 is 2.67 bits per heavy atom. The van der Waals surface area contributed by atoms with E-state index in [1.165, 1.54) is 0 Å². The normalized spacial score (nSPS) is 10.9. The predicted molar refractivity (Wildman–Crippen MR) is 124 cm³/mol. The highest BCUT2D eigenvalue weighted by atomic mass is 35.5. The van der Waals surface area contributed by atoms with Crippen LogP contribution in [0.1, 0.15) is 30.7 Å². The molecule has 1 aromatic heterocycles. The molecule has 3 rings (SSSR count). The van der Waals surface area contributed by atoms with Gasteiger partial charge in [0.05, 0.1) is 0 Å². The van der Waals surface area contributed by atoms with Crippen LogP contribution in [0.15, 0.2) is 53.7 Å². The van der Waals surface area contributed by atoms with Crippen molar-refractivity contribution in [2.45, 2.75) is 37.8 Å². The molecule has 0 bridgehead atoms. The zero-order chi connectivity index (χ0) is 21.3. The second-order valence-corrected chi connectivity index (χ2v) is 8.75. The number of hydrogen-bond acceptors (Lipinski definition) is 4. The van der Waals surface area contributed by atoms with Gasteiger partial charge in [-0.05, 0) is 56.0 Å². The molecule has 0 unspecified atom stereocenters. The molecule has 0 aliphatic heterocycles. The predicted octanol–water partition coefficient (Wildman–Crippen LogP) is 5.50. The molecule has 5 nitrogen and oxygen atoms in total. The summed E-state index contributed by atoms with van der Waals surface area (Å²) in [6.07, 6.45) is 2.96. The Labute approximate surface area is 191 Å². The molecule has 1 N–H and O–H groups in total. The van der Waals surface area contributed by atoms with Gasteiger partial charge >= 0.3 is 0 Å². The third kappa shape index (κ3) is 6.49. The minimum Gasteiger partial charge on any atom is -0.356 e. The first-order valence-corrected chi connectivity index (χ1v) is 11.6. The number of amides is 1. The fourth-order valence-corrected chi connectivity index (χ4v) is 4.51. The van der Waals surface area contributed by atoms with Gasteiger partial charge in [-0.25, -0.2) is 0 Å². The van der Waals surface area contributed by atoms with E-state index in [1.54, 1.807) is 17.8 Å². The summed E-state index contributed by atoms with van der Waals surface area (Å²) in [6, 6.07) is 15.5. The molecule has 158 valence electrons. The second-order valence-electron chi connectivity index (χ2n) is 6.84. The molecule has 3 aromatic rings. The SMILES string of the molecule is Cc1nnc(SCCCCC(=O)NCCc2ccc(Cl)cc2Cl)n1-c1ccccc1. The topological polar surface area (TPSA) is 59.8 Å². The number of aryl methyl sites for hydroxylation is 1. The first kappa shape index (κ1) is 22.7. The summed E-state index contributed by atoms with van der Waals surface area (Å²) in [5, 5.41) is 13.6. The zero-order valence-corrected chi connectivity index (χ0v) is 19.1. The lowest BCUT2D eigenvalue weighted by molar-refractivity contribution is -0.121. The van der Waals surface area contributed by atoms with Crippen molar-refractivity contribution >= 4 is 40.9 Å². The highest BCUT2D eigenvalue weighted by Crippen LogP contribution is 2.23. The Morgan fingerprint density at radius 2 is 1.90 bits per heavy atom. The van der Waals surface area contributed by atoms with Gasteiger partial charge in [0.15, 0.2) is 5.16 Å². The minimum absolute atomic E-state index is 0.0633. The van der Waals surface area contributed by atoms with Crippen molar-refractivity contribution in [3.8, 4) is 5.69 Å². The maximum Gasteiger partial charge on any atom is 0.220 e. The van der Waals surface area contributed by atoms with Gasteiger partial charge < -0.3 is 5.32 Å². The Morgan fingerprint density at radius 1 is 1.10 bits per heavy atom. The van der Waals surface area contributed by atoms with Crippen LogP contribution in [0.25, 0.3) is 5.69 Å². The molecular weight excluding hydrogens is 439 g/mol. The van der Waals surface area contributed by atoms with E-state index in [2.05, 4.69) is 20.1 Å². The average molecular weight is 463 g/mol. The van der Waals surface area contributed by atoms with Crippen LogP contribution < -0.4 is 5.32 Å². The van der Waals surface area contributed by atoms with Crippen molar-refractivity contribution in [1.29, 1.82) is 0 Å². The minimum atomic E-state index is 0.0633. The van der Waals surface area contributed by atoms with E-state index in [1.807, 2.05) is 49.4 Å². The number of carbonyl (C=O) groups is 1. The van der Waals surface area contributed by atoms with Crippen LogP contribution in [-0.4, -0.2) is 33.0 Å². The maximum atomic E-state index is 12.0. The summed E-state index contributed by atoms with van der Waals surface area (Å²) in [5.74, 6) is 1.82. The van der Waals surface area contributed by atoms with Crippen molar-refractivity contribution in [3.05, 3.63) is 70.0 Å². The largest absolute Gasteiger partial charge is 0.356 e. The first-order chi connectivity index (χ1) is 14.5. The summed E-state index contributed by atoms with van der Waals surface area (Å²) >= 11 is 13.7. The van der Waals surface area contributed by atoms with Crippen LogP contribution in [-0.2, 0) is 11.2 Å². The molecule has 0 spiro atoms. The monoisotopic (exact) mass is 462 g/mol. The van der Waals surface area contributed by atoms with Crippen molar-refractivity contribution < 1.29 is 4.79 Å². The standard InChI is InChI=1S/C22H24Cl2N4OS/c1-16-26-27-22(28(16)19-7-3-2-4-8-19)30-14-6-5-9-21(29)25-13-12-17-10-11-18(23)15-20(17)24/h2-4,7-8,10-11,15H,5-6,9,12-14H2,1H3,(H,25,29). The lowest BCUT2D eigenvalue weighted by Gasteiger charge is -2.08. The molecule has 1 heterocycles. The van der Waals surface area contributed by atoms with Crippen LogP contribution in [0.4, 0.5) is 0 Å². The number of nitrogens with zero attached hydrogens (tertiary/aromatic N) is 3. The van der Waals surface area contributed by atoms with E-state index < -0.39 is 0 Å². The lowest BCUT2D eigenvalue weighted by Crippen LogP contribution is -2.25. The number of benzene rings is 2. The summed E-state index contributed by atoms with van der Waals surface area (Å²) in [7, 11) is 0. The van der Waals surface area contributed by atoms with Gasteiger partial charge in [-0.1, -0.05) is 59.2 Å². The van der Waals surface area contributed by atoms with E-state index >= 15 is 0 Å². The van der Waals surface area contributed by atoms with Gasteiger partial charge in [0, 0.05) is 34.5 Å². The van der Waals surface area contributed by atoms with E-state index in [4.69, 9.17) is 23.2 Å². The molecular formula is C22H24Cl2N4OS. The van der Waals surface area contributed by atoms with Crippen LogP contribution in [0, 0.1) is 6.92 Å². The molecule has 1 amide bonds. The average Bonchev–Trinajstić information content (AvgIpc) is 3.10. The number of para-hydroxylation sites is 1. The summed E-state index contributed by atoms with van der Waals surface area (Å²) in [4.78, 5) is 12.0. The lowest BCUT2D eigenvalue weighted by atomic mass is 10.1. The van der Waals surface area contributed by atoms with Crippen LogP contribution >= 0.6 is 35.0 Å². The summed E-state index contributed by atoms with van der Waals surface area (Å²) in [5.41, 5.74) is 2.04. The van der Waals surface area contributed by atoms with Gasteiger partial charge in [-0.15, -0.1) is 10.2 Å². The van der Waals surface area contributed by atoms with E-state index in [0.717, 1.165) is 40.8 Å². The van der Waals surface area contributed by atoms with E-state index in [0.29, 0.717) is 29.4 Å².